The molecule has 8 nitrogen and oxygen atoms in total. The van der Waals surface area contributed by atoms with E-state index in [1.54, 1.807) is 32.1 Å². The van der Waals surface area contributed by atoms with Gasteiger partial charge in [-0.15, -0.1) is 0 Å². The fraction of sp³-hybridized carbons (Fsp3) is 0.273. The molecule has 0 saturated heterocycles. The number of hydrogen-bond acceptors (Lipinski definition) is 4. The number of allylic oxidation sites excluding steroid dienone is 1. The second kappa shape index (κ2) is 8.17. The van der Waals surface area contributed by atoms with Crippen LogP contribution in [0.3, 0.4) is 0 Å². The monoisotopic (exact) mass is 423 g/mol. The molecular formula is C22H22FN5O3. The van der Waals surface area contributed by atoms with Gasteiger partial charge in [0.25, 0.3) is 5.91 Å². The highest BCUT2D eigenvalue weighted by Gasteiger charge is 2.28. The van der Waals surface area contributed by atoms with E-state index in [-0.39, 0.29) is 23.6 Å². The lowest BCUT2D eigenvalue weighted by Gasteiger charge is -2.22. The number of hydrogen-bond donors (Lipinski definition) is 4. The van der Waals surface area contributed by atoms with E-state index in [0.29, 0.717) is 40.8 Å². The van der Waals surface area contributed by atoms with Gasteiger partial charge >= 0.3 is 6.09 Å². The van der Waals surface area contributed by atoms with Crippen LogP contribution >= 0.6 is 0 Å². The summed E-state index contributed by atoms with van der Waals surface area (Å²) in [5.74, 6) is -0.803. The van der Waals surface area contributed by atoms with Crippen LogP contribution in [0.2, 0.25) is 0 Å². The third-order valence-electron chi connectivity index (χ3n) is 5.31. The van der Waals surface area contributed by atoms with Gasteiger partial charge in [0.05, 0.1) is 16.8 Å². The number of aromatic amines is 1. The first-order chi connectivity index (χ1) is 14.8. The summed E-state index contributed by atoms with van der Waals surface area (Å²) in [6.45, 7) is 3.77. The molecule has 2 aromatic heterocycles. The van der Waals surface area contributed by atoms with Crippen molar-refractivity contribution in [3.8, 4) is 11.3 Å². The van der Waals surface area contributed by atoms with Crippen molar-refractivity contribution < 1.29 is 19.1 Å². The van der Waals surface area contributed by atoms with Crippen molar-refractivity contribution in [1.29, 1.82) is 0 Å². The van der Waals surface area contributed by atoms with Crippen LogP contribution in [-0.2, 0) is 0 Å². The second-order valence-electron chi connectivity index (χ2n) is 7.59. The number of nitrogens with zero attached hydrogens (tertiary/aromatic N) is 2. The maximum atomic E-state index is 14.1. The van der Waals surface area contributed by atoms with Gasteiger partial charge in [0.15, 0.2) is 0 Å². The van der Waals surface area contributed by atoms with Crippen molar-refractivity contribution in [2.45, 2.75) is 32.2 Å². The van der Waals surface area contributed by atoms with E-state index in [0.717, 1.165) is 5.69 Å². The van der Waals surface area contributed by atoms with Gasteiger partial charge in [-0.3, -0.25) is 4.79 Å². The summed E-state index contributed by atoms with van der Waals surface area (Å²) < 4.78 is 14.1. The number of carboxylic acid groups (broad SMARTS) is 1. The maximum Gasteiger partial charge on any atom is 0.405 e. The van der Waals surface area contributed by atoms with E-state index >= 15 is 0 Å². The molecule has 9 heteroatoms. The minimum atomic E-state index is -1.08. The van der Waals surface area contributed by atoms with E-state index < -0.39 is 12.0 Å². The van der Waals surface area contributed by atoms with Crippen LogP contribution < -0.4 is 10.6 Å². The van der Waals surface area contributed by atoms with Gasteiger partial charge in [-0.1, -0.05) is 24.3 Å². The van der Waals surface area contributed by atoms with Crippen molar-refractivity contribution in [3.05, 3.63) is 59.3 Å². The Balaban J connectivity index is 1.67. The Kier molecular flexibility index (Phi) is 5.41. The Labute approximate surface area is 177 Å². The summed E-state index contributed by atoms with van der Waals surface area (Å²) >= 11 is 0. The van der Waals surface area contributed by atoms with E-state index in [9.17, 15) is 14.0 Å². The highest BCUT2D eigenvalue weighted by atomic mass is 19.1. The highest BCUT2D eigenvalue weighted by molar-refractivity contribution is 5.99. The van der Waals surface area contributed by atoms with Crippen LogP contribution in [0.4, 0.5) is 9.18 Å². The van der Waals surface area contributed by atoms with Crippen LogP contribution in [0.25, 0.3) is 22.3 Å². The number of nitrogens with one attached hydrogen (secondary N) is 3. The fourth-order valence-corrected chi connectivity index (χ4v) is 3.79. The summed E-state index contributed by atoms with van der Waals surface area (Å²) in [5, 5.41) is 14.0. The number of benzene rings is 1. The van der Waals surface area contributed by atoms with Gasteiger partial charge in [0, 0.05) is 35.5 Å². The van der Waals surface area contributed by atoms with Gasteiger partial charge in [0.2, 0.25) is 5.95 Å². The molecule has 4 N–H and O–H groups in total. The Morgan fingerprint density at radius 2 is 2.19 bits per heavy atom. The molecule has 0 bridgehead atoms. The molecule has 31 heavy (non-hydrogen) atoms. The van der Waals surface area contributed by atoms with Crippen LogP contribution in [0, 0.1) is 12.9 Å². The molecule has 0 fully saturated rings. The van der Waals surface area contributed by atoms with Gasteiger partial charge < -0.3 is 20.7 Å². The van der Waals surface area contributed by atoms with Crippen LogP contribution in [0.1, 0.15) is 41.0 Å². The molecule has 3 heterocycles. The smallest absolute Gasteiger partial charge is 0.405 e. The molecule has 3 aromatic rings. The number of carbonyl (C=O) groups is 2. The number of para-hydroxylation sites is 1. The lowest BCUT2D eigenvalue weighted by atomic mass is 9.94. The SMILES string of the molecule is Cc1nc2cccc(-c3cc4c([nH]3)[C@@H](CC=C[C@@H](C)NC(=O)O)CNC4=O)c2nc1F. The number of H-pyrrole nitrogens is 1. The topological polar surface area (TPSA) is 120 Å². The van der Waals surface area contributed by atoms with E-state index in [4.69, 9.17) is 5.11 Å². The quantitative estimate of drug-likeness (QED) is 0.468. The number of carbonyl (C=O) groups excluding carboxylic acids is 1. The molecule has 1 aromatic carbocycles. The molecule has 1 aliphatic heterocycles. The first-order valence-electron chi connectivity index (χ1n) is 9.94. The van der Waals surface area contributed by atoms with Gasteiger partial charge in [0.1, 0.15) is 5.52 Å². The zero-order chi connectivity index (χ0) is 22.1. The van der Waals surface area contributed by atoms with Crippen molar-refractivity contribution >= 4 is 23.0 Å². The summed E-state index contributed by atoms with van der Waals surface area (Å²) in [7, 11) is 0. The number of halogens is 1. The largest absolute Gasteiger partial charge is 0.465 e. The third-order valence-corrected chi connectivity index (χ3v) is 5.31. The van der Waals surface area contributed by atoms with Gasteiger partial charge in [-0.25, -0.2) is 14.8 Å². The van der Waals surface area contributed by atoms with Crippen LogP contribution in [0.15, 0.2) is 36.4 Å². The molecule has 0 spiro atoms. The molecular weight excluding hydrogens is 401 g/mol. The predicted octanol–water partition coefficient (Wildman–Crippen LogP) is 3.50. The molecule has 0 radical (unpaired) electrons. The van der Waals surface area contributed by atoms with Crippen molar-refractivity contribution in [2.24, 2.45) is 0 Å². The first kappa shape index (κ1) is 20.5. The first-order valence-corrected chi connectivity index (χ1v) is 9.94. The van der Waals surface area contributed by atoms with E-state index in [2.05, 4.69) is 25.6 Å². The summed E-state index contributed by atoms with van der Waals surface area (Å²) in [5.41, 5.74) is 3.89. The van der Waals surface area contributed by atoms with Crippen molar-refractivity contribution in [2.75, 3.05) is 6.54 Å². The summed E-state index contributed by atoms with van der Waals surface area (Å²) in [4.78, 5) is 34.8. The Morgan fingerprint density at radius 1 is 1.39 bits per heavy atom. The fourth-order valence-electron chi connectivity index (χ4n) is 3.79. The van der Waals surface area contributed by atoms with Crippen LogP contribution in [-0.4, -0.2) is 44.6 Å². The normalized spacial score (nSPS) is 16.9. The maximum absolute atomic E-state index is 14.1. The van der Waals surface area contributed by atoms with Gasteiger partial charge in [-0.2, -0.15) is 4.39 Å². The van der Waals surface area contributed by atoms with Crippen LogP contribution in [0.5, 0.6) is 0 Å². The van der Waals surface area contributed by atoms with E-state index in [1.807, 2.05) is 18.2 Å². The Hall–Kier alpha value is -3.75. The van der Waals surface area contributed by atoms with Crippen molar-refractivity contribution in [1.82, 2.24) is 25.6 Å². The Bertz CT molecular complexity index is 1200. The number of amides is 2. The highest BCUT2D eigenvalue weighted by Crippen LogP contribution is 2.33. The number of rotatable bonds is 5. The molecule has 2 amide bonds. The Morgan fingerprint density at radius 3 is 2.97 bits per heavy atom. The number of aromatic nitrogens is 3. The van der Waals surface area contributed by atoms with E-state index in [1.165, 1.54) is 0 Å². The molecule has 0 aliphatic carbocycles. The molecule has 0 unspecified atom stereocenters. The molecule has 160 valence electrons. The second-order valence-corrected chi connectivity index (χ2v) is 7.59. The third kappa shape index (κ3) is 4.11. The van der Waals surface area contributed by atoms with Crippen molar-refractivity contribution in [3.63, 3.8) is 0 Å². The number of fused-ring (bicyclic) bond motifs is 2. The zero-order valence-electron chi connectivity index (χ0n) is 17.1. The summed E-state index contributed by atoms with van der Waals surface area (Å²) in [6.07, 6.45) is 3.21. The number of aryl methyl sites for hydroxylation is 1. The molecule has 1 aliphatic rings. The predicted molar refractivity (Wildman–Crippen MR) is 113 cm³/mol. The summed E-state index contributed by atoms with van der Waals surface area (Å²) in [6, 6.07) is 6.84. The minimum Gasteiger partial charge on any atom is -0.465 e. The average molecular weight is 423 g/mol. The lowest BCUT2D eigenvalue weighted by molar-refractivity contribution is 0.0940. The minimum absolute atomic E-state index is 0.00484. The molecule has 0 saturated carbocycles. The van der Waals surface area contributed by atoms with Gasteiger partial charge in [-0.05, 0) is 32.4 Å². The standard InChI is InChI=1S/C22H22FN5O3/c1-11(25-22(30)31)5-3-6-13-10-24-21(29)15-9-17(27-18(13)15)14-7-4-8-16-19(14)28-20(23)12(2)26-16/h3-5,7-9,11,13,25,27H,6,10H2,1-2H3,(H,24,29)(H,30,31)/t11-,13+/m1/s1. The molecule has 2 atom stereocenters. The zero-order valence-corrected chi connectivity index (χ0v) is 17.1. The lowest BCUT2D eigenvalue weighted by Crippen LogP contribution is -2.34. The average Bonchev–Trinajstić information content (AvgIpc) is 3.16. The molecule has 4 rings (SSSR count).